The second-order valence-electron chi connectivity index (χ2n) is 7.94. The maximum atomic E-state index is 11.9. The van der Waals surface area contributed by atoms with Crippen molar-refractivity contribution in [2.24, 2.45) is 0 Å². The third-order valence-corrected chi connectivity index (χ3v) is 6.54. The number of hydrogen-bond donors (Lipinski definition) is 2. The van der Waals surface area contributed by atoms with Crippen molar-refractivity contribution >= 4 is 29.4 Å². The SMILES string of the molecule is CC(=O)c1ccc(OCc2ccc(C(C=O)c3cccc(C(=O)O)c3)cc2)c(-c2cccs2)c1O. The molecule has 0 amide bonds. The monoisotopic (exact) mass is 486 g/mol. The van der Waals surface area contributed by atoms with Gasteiger partial charge in [-0.3, -0.25) is 4.79 Å². The van der Waals surface area contributed by atoms with Crippen LogP contribution in [0.5, 0.6) is 11.5 Å². The molecule has 0 fully saturated rings. The van der Waals surface area contributed by atoms with Crippen LogP contribution >= 0.6 is 11.3 Å². The summed E-state index contributed by atoms with van der Waals surface area (Å²) in [6.45, 7) is 1.61. The molecule has 3 aromatic carbocycles. The number of carbonyl (C=O) groups excluding carboxylic acids is 2. The van der Waals surface area contributed by atoms with Gasteiger partial charge in [0.25, 0.3) is 0 Å². The van der Waals surface area contributed by atoms with Crippen LogP contribution in [0.3, 0.4) is 0 Å². The normalized spacial score (nSPS) is 11.6. The molecule has 0 aliphatic heterocycles. The minimum atomic E-state index is -1.05. The summed E-state index contributed by atoms with van der Waals surface area (Å²) in [7, 11) is 0. The van der Waals surface area contributed by atoms with Crippen molar-refractivity contribution in [1.29, 1.82) is 0 Å². The number of phenolic OH excluding ortho intramolecular Hbond substituents is 1. The van der Waals surface area contributed by atoms with Crippen molar-refractivity contribution < 1.29 is 29.3 Å². The number of carbonyl (C=O) groups is 3. The number of hydrogen-bond acceptors (Lipinski definition) is 6. The summed E-state index contributed by atoms with van der Waals surface area (Å²) in [6.07, 6.45) is 0.791. The van der Waals surface area contributed by atoms with E-state index in [0.717, 1.165) is 22.3 Å². The third-order valence-electron chi connectivity index (χ3n) is 5.65. The molecule has 4 aromatic rings. The van der Waals surface area contributed by atoms with Gasteiger partial charge in [-0.15, -0.1) is 11.3 Å². The van der Waals surface area contributed by atoms with Crippen LogP contribution in [0.1, 0.15) is 50.2 Å². The number of aldehydes is 1. The number of ether oxygens (including phenoxy) is 1. The Morgan fingerprint density at radius 1 is 1.00 bits per heavy atom. The molecule has 4 rings (SSSR count). The van der Waals surface area contributed by atoms with Crippen molar-refractivity contribution in [3.63, 3.8) is 0 Å². The highest BCUT2D eigenvalue weighted by atomic mass is 32.1. The molecular weight excluding hydrogens is 464 g/mol. The Bertz CT molecular complexity index is 1370. The zero-order valence-electron chi connectivity index (χ0n) is 18.8. The fourth-order valence-corrected chi connectivity index (χ4v) is 4.61. The first-order valence-corrected chi connectivity index (χ1v) is 11.7. The highest BCUT2D eigenvalue weighted by molar-refractivity contribution is 7.13. The van der Waals surface area contributed by atoms with E-state index in [2.05, 4.69) is 0 Å². The maximum Gasteiger partial charge on any atom is 0.335 e. The van der Waals surface area contributed by atoms with Gasteiger partial charge in [0.2, 0.25) is 0 Å². The standard InChI is InChI=1S/C28H22O6S/c1-17(30)22-11-12-24(26(27(22)31)25-6-3-13-35-25)34-16-18-7-9-19(10-8-18)23(15-29)20-4-2-5-21(14-20)28(32)33/h2-15,23,31H,16H2,1H3,(H,32,33). The summed E-state index contributed by atoms with van der Waals surface area (Å²) in [5, 5.41) is 21.8. The van der Waals surface area contributed by atoms with Gasteiger partial charge in [0.1, 0.15) is 24.4 Å². The number of aromatic carboxylic acids is 1. The van der Waals surface area contributed by atoms with Gasteiger partial charge in [-0.1, -0.05) is 42.5 Å². The molecule has 0 spiro atoms. The van der Waals surface area contributed by atoms with E-state index in [1.165, 1.54) is 30.4 Å². The molecule has 1 aromatic heterocycles. The van der Waals surface area contributed by atoms with Crippen LogP contribution in [0.15, 0.2) is 78.2 Å². The summed E-state index contributed by atoms with van der Waals surface area (Å²) >= 11 is 1.43. The zero-order chi connectivity index (χ0) is 24.9. The first kappa shape index (κ1) is 23.9. The zero-order valence-corrected chi connectivity index (χ0v) is 19.6. The molecule has 0 aliphatic rings. The van der Waals surface area contributed by atoms with Crippen LogP contribution in [0.2, 0.25) is 0 Å². The number of carboxylic acid groups (broad SMARTS) is 1. The van der Waals surface area contributed by atoms with Crippen molar-refractivity contribution in [3.8, 4) is 21.9 Å². The van der Waals surface area contributed by atoms with E-state index in [1.807, 2.05) is 41.8 Å². The lowest BCUT2D eigenvalue weighted by atomic mass is 9.91. The molecule has 0 bridgehead atoms. The lowest BCUT2D eigenvalue weighted by Gasteiger charge is -2.15. The van der Waals surface area contributed by atoms with Crippen molar-refractivity contribution in [3.05, 3.63) is 106 Å². The Kier molecular flexibility index (Phi) is 7.08. The number of Topliss-reactive ketones (excluding diaryl/α,β-unsaturated/α-hetero) is 1. The van der Waals surface area contributed by atoms with Crippen molar-refractivity contribution in [2.75, 3.05) is 0 Å². The smallest absolute Gasteiger partial charge is 0.335 e. The topological polar surface area (TPSA) is 101 Å². The van der Waals surface area contributed by atoms with Gasteiger partial charge < -0.3 is 19.7 Å². The number of ketones is 1. The highest BCUT2D eigenvalue weighted by Crippen LogP contribution is 2.42. The summed E-state index contributed by atoms with van der Waals surface area (Å²) in [4.78, 5) is 35.8. The van der Waals surface area contributed by atoms with E-state index in [-0.39, 0.29) is 29.3 Å². The van der Waals surface area contributed by atoms with Gasteiger partial charge in [-0.2, -0.15) is 0 Å². The lowest BCUT2D eigenvalue weighted by Crippen LogP contribution is -2.05. The van der Waals surface area contributed by atoms with Crippen LogP contribution in [-0.2, 0) is 11.4 Å². The molecule has 6 nitrogen and oxygen atoms in total. The van der Waals surface area contributed by atoms with E-state index in [1.54, 1.807) is 24.3 Å². The highest BCUT2D eigenvalue weighted by Gasteiger charge is 2.19. The van der Waals surface area contributed by atoms with Crippen LogP contribution in [0, 0.1) is 0 Å². The summed E-state index contributed by atoms with van der Waals surface area (Å²) in [6, 6.07) is 20.6. The van der Waals surface area contributed by atoms with Crippen LogP contribution in [0.4, 0.5) is 0 Å². The number of phenols is 1. The van der Waals surface area contributed by atoms with Crippen LogP contribution < -0.4 is 4.74 Å². The number of thiophene rings is 1. The third kappa shape index (κ3) is 5.15. The first-order valence-electron chi connectivity index (χ1n) is 10.8. The quantitative estimate of drug-likeness (QED) is 0.225. The van der Waals surface area contributed by atoms with Crippen molar-refractivity contribution in [1.82, 2.24) is 0 Å². The fourth-order valence-electron chi connectivity index (χ4n) is 3.83. The molecule has 0 aliphatic carbocycles. The number of aromatic hydroxyl groups is 1. The largest absolute Gasteiger partial charge is 0.506 e. The Morgan fingerprint density at radius 3 is 2.40 bits per heavy atom. The molecule has 0 radical (unpaired) electrons. The molecule has 0 saturated carbocycles. The van der Waals surface area contributed by atoms with E-state index in [0.29, 0.717) is 16.9 Å². The summed E-state index contributed by atoms with van der Waals surface area (Å²) in [5.74, 6) is -1.53. The van der Waals surface area contributed by atoms with E-state index in [4.69, 9.17) is 4.74 Å². The number of carboxylic acids is 1. The predicted molar refractivity (Wildman–Crippen MR) is 134 cm³/mol. The molecule has 7 heteroatoms. The first-order chi connectivity index (χ1) is 16.9. The molecule has 0 saturated heterocycles. The second-order valence-corrected chi connectivity index (χ2v) is 8.89. The van der Waals surface area contributed by atoms with Gasteiger partial charge in [-0.05, 0) is 59.3 Å². The van der Waals surface area contributed by atoms with E-state index in [9.17, 15) is 24.6 Å². The molecule has 176 valence electrons. The second kappa shape index (κ2) is 10.4. The van der Waals surface area contributed by atoms with Gasteiger partial charge >= 0.3 is 5.97 Å². The summed E-state index contributed by atoms with van der Waals surface area (Å²) in [5.41, 5.74) is 3.00. The Balaban J connectivity index is 1.56. The van der Waals surface area contributed by atoms with Gasteiger partial charge in [-0.25, -0.2) is 4.79 Å². The number of benzene rings is 3. The van der Waals surface area contributed by atoms with E-state index < -0.39 is 11.9 Å². The van der Waals surface area contributed by atoms with Gasteiger partial charge in [0.05, 0.1) is 22.6 Å². The Labute approximate surface area is 206 Å². The Hall–Kier alpha value is -4.23. The Morgan fingerprint density at radius 2 is 1.77 bits per heavy atom. The lowest BCUT2D eigenvalue weighted by molar-refractivity contribution is -0.108. The van der Waals surface area contributed by atoms with Crippen LogP contribution in [0.25, 0.3) is 10.4 Å². The minimum absolute atomic E-state index is 0.106. The molecule has 2 N–H and O–H groups in total. The number of rotatable bonds is 9. The average Bonchev–Trinajstić information content (AvgIpc) is 3.38. The maximum absolute atomic E-state index is 11.9. The molecule has 35 heavy (non-hydrogen) atoms. The average molecular weight is 487 g/mol. The van der Waals surface area contributed by atoms with Crippen molar-refractivity contribution in [2.45, 2.75) is 19.4 Å². The molecule has 1 atom stereocenters. The van der Waals surface area contributed by atoms with E-state index >= 15 is 0 Å². The predicted octanol–water partition coefficient (Wildman–Crippen LogP) is 5.93. The molecule has 1 unspecified atom stereocenters. The van der Waals surface area contributed by atoms with Gasteiger partial charge in [0.15, 0.2) is 5.78 Å². The fraction of sp³-hybridized carbons (Fsp3) is 0.107. The van der Waals surface area contributed by atoms with Crippen LogP contribution in [-0.4, -0.2) is 28.3 Å². The summed E-state index contributed by atoms with van der Waals surface area (Å²) < 4.78 is 6.02. The molecule has 1 heterocycles. The van der Waals surface area contributed by atoms with Gasteiger partial charge in [0, 0.05) is 4.88 Å². The molecular formula is C28H22O6S. The minimum Gasteiger partial charge on any atom is -0.506 e.